The van der Waals surface area contributed by atoms with E-state index in [1.807, 2.05) is 0 Å². The van der Waals surface area contributed by atoms with Crippen LogP contribution in [0.25, 0.3) is 0 Å². The van der Waals surface area contributed by atoms with Crippen molar-refractivity contribution in [2.24, 2.45) is 5.41 Å². The minimum absolute atomic E-state index is 0.00297. The van der Waals surface area contributed by atoms with Crippen molar-refractivity contribution >= 4 is 27.6 Å². The van der Waals surface area contributed by atoms with Gasteiger partial charge in [-0.25, -0.2) is 12.8 Å². The van der Waals surface area contributed by atoms with Crippen molar-refractivity contribution in [3.8, 4) is 5.75 Å². The summed E-state index contributed by atoms with van der Waals surface area (Å²) in [6.07, 6.45) is 0. The van der Waals surface area contributed by atoms with Gasteiger partial charge >= 0.3 is 5.97 Å². The first-order valence-electron chi connectivity index (χ1n) is 9.86. The number of sulfone groups is 1. The Morgan fingerprint density at radius 1 is 1.19 bits per heavy atom. The minimum atomic E-state index is -3.54. The fourth-order valence-corrected chi connectivity index (χ4v) is 5.43. The van der Waals surface area contributed by atoms with Crippen LogP contribution in [0.3, 0.4) is 0 Å². The second-order valence-corrected chi connectivity index (χ2v) is 10.3. The molecule has 0 radical (unpaired) electrons. The molecule has 1 fully saturated rings. The number of esters is 1. The fraction of sp³-hybridized carbons (Fsp3) is 0.550. The number of rotatable bonds is 6. The largest absolute Gasteiger partial charge is 0.492 e. The Bertz CT molecular complexity index is 1010. The number of nitrogens with one attached hydrogen (secondary N) is 2. The SMILES string of the molecule is CCOC(=O)C(C)(C)C(=O)NC1CS(=O)(=O)CC1NC(=O)C1COc2ccc(F)cc21. The maximum atomic E-state index is 13.6. The minimum Gasteiger partial charge on any atom is -0.492 e. The van der Waals surface area contributed by atoms with E-state index >= 15 is 0 Å². The third-order valence-electron chi connectivity index (χ3n) is 5.42. The Morgan fingerprint density at radius 3 is 2.48 bits per heavy atom. The molecule has 31 heavy (non-hydrogen) atoms. The molecule has 2 heterocycles. The molecule has 3 unspecified atom stereocenters. The van der Waals surface area contributed by atoms with Gasteiger partial charge in [0.15, 0.2) is 9.84 Å². The van der Waals surface area contributed by atoms with Crippen molar-refractivity contribution in [1.82, 2.24) is 10.6 Å². The predicted octanol–water partition coefficient (Wildman–Crippen LogP) is 0.289. The maximum absolute atomic E-state index is 13.6. The first-order valence-corrected chi connectivity index (χ1v) is 11.7. The molecule has 2 N–H and O–H groups in total. The summed E-state index contributed by atoms with van der Waals surface area (Å²) in [7, 11) is -3.54. The highest BCUT2D eigenvalue weighted by atomic mass is 32.2. The quantitative estimate of drug-likeness (QED) is 0.465. The zero-order chi connectivity index (χ0) is 23.0. The van der Waals surface area contributed by atoms with Gasteiger partial charge < -0.3 is 20.1 Å². The fourth-order valence-electron chi connectivity index (χ4n) is 3.57. The Balaban J connectivity index is 1.73. The summed E-state index contributed by atoms with van der Waals surface area (Å²) in [6, 6.07) is 2.03. The second kappa shape index (κ2) is 8.45. The normalized spacial score (nSPS) is 24.1. The molecule has 1 aromatic carbocycles. The van der Waals surface area contributed by atoms with E-state index in [9.17, 15) is 27.2 Å². The summed E-state index contributed by atoms with van der Waals surface area (Å²) in [5, 5.41) is 5.21. The van der Waals surface area contributed by atoms with Crippen LogP contribution in [0.2, 0.25) is 0 Å². The van der Waals surface area contributed by atoms with Gasteiger partial charge in [0, 0.05) is 5.56 Å². The van der Waals surface area contributed by atoms with Gasteiger partial charge in [-0.1, -0.05) is 0 Å². The summed E-state index contributed by atoms with van der Waals surface area (Å²) in [4.78, 5) is 37.5. The number of ether oxygens (including phenoxy) is 2. The molecule has 0 aromatic heterocycles. The summed E-state index contributed by atoms with van der Waals surface area (Å²) in [5.74, 6) is -3.66. The number of hydrogen-bond acceptors (Lipinski definition) is 7. The van der Waals surface area contributed by atoms with Gasteiger partial charge in [0.2, 0.25) is 11.8 Å². The first kappa shape index (κ1) is 23.0. The van der Waals surface area contributed by atoms with Crippen LogP contribution in [0.15, 0.2) is 18.2 Å². The smallest absolute Gasteiger partial charge is 0.321 e. The van der Waals surface area contributed by atoms with Crippen LogP contribution in [0.4, 0.5) is 4.39 Å². The topological polar surface area (TPSA) is 128 Å². The Labute approximate surface area is 179 Å². The van der Waals surface area contributed by atoms with Crippen molar-refractivity contribution < 1.29 is 36.7 Å². The van der Waals surface area contributed by atoms with Gasteiger partial charge in [0.1, 0.15) is 29.5 Å². The third kappa shape index (κ3) is 4.81. The molecule has 2 amide bonds. The van der Waals surface area contributed by atoms with E-state index in [1.54, 1.807) is 6.92 Å². The number of hydrogen-bond donors (Lipinski definition) is 2. The van der Waals surface area contributed by atoms with Gasteiger partial charge in [-0.3, -0.25) is 14.4 Å². The third-order valence-corrected chi connectivity index (χ3v) is 7.15. The molecule has 0 bridgehead atoms. The highest BCUT2D eigenvalue weighted by molar-refractivity contribution is 7.91. The Hall–Kier alpha value is -2.69. The molecule has 11 heteroatoms. The predicted molar refractivity (Wildman–Crippen MR) is 108 cm³/mol. The van der Waals surface area contributed by atoms with Crippen molar-refractivity contribution in [1.29, 1.82) is 0 Å². The molecule has 3 rings (SSSR count). The van der Waals surface area contributed by atoms with Gasteiger partial charge in [-0.15, -0.1) is 0 Å². The highest BCUT2D eigenvalue weighted by Gasteiger charge is 2.45. The molecule has 0 spiro atoms. The highest BCUT2D eigenvalue weighted by Crippen LogP contribution is 2.34. The van der Waals surface area contributed by atoms with Crippen LogP contribution in [0, 0.1) is 11.2 Å². The standard InChI is InChI=1S/C20H25FN2O7S/c1-4-29-19(26)20(2,3)18(25)23-15-10-31(27,28)9-14(15)22-17(24)13-8-30-16-6-5-11(21)7-12(13)16/h5-7,13-15H,4,8-10H2,1-3H3,(H,22,24)(H,23,25). The number of carbonyl (C=O) groups is 3. The van der Waals surface area contributed by atoms with Crippen LogP contribution >= 0.6 is 0 Å². The number of amides is 2. The summed E-state index contributed by atoms with van der Waals surface area (Å²) >= 11 is 0. The van der Waals surface area contributed by atoms with E-state index in [4.69, 9.17) is 9.47 Å². The molecule has 2 aliphatic heterocycles. The Kier molecular flexibility index (Phi) is 6.26. The maximum Gasteiger partial charge on any atom is 0.321 e. The molecule has 2 aliphatic rings. The molecule has 1 aromatic rings. The average molecular weight is 456 g/mol. The van der Waals surface area contributed by atoms with E-state index in [1.165, 1.54) is 32.0 Å². The van der Waals surface area contributed by atoms with Crippen molar-refractivity contribution in [2.75, 3.05) is 24.7 Å². The summed E-state index contributed by atoms with van der Waals surface area (Å²) < 4.78 is 48.3. The van der Waals surface area contributed by atoms with E-state index < -0.39 is 56.9 Å². The second-order valence-electron chi connectivity index (χ2n) is 8.16. The van der Waals surface area contributed by atoms with E-state index in [-0.39, 0.29) is 24.7 Å². The molecular weight excluding hydrogens is 431 g/mol. The lowest BCUT2D eigenvalue weighted by atomic mass is 9.91. The van der Waals surface area contributed by atoms with Gasteiger partial charge in [-0.05, 0) is 39.0 Å². The molecule has 170 valence electrons. The average Bonchev–Trinajstić information content (AvgIpc) is 3.21. The number of halogens is 1. The van der Waals surface area contributed by atoms with Crippen molar-refractivity contribution in [3.63, 3.8) is 0 Å². The molecule has 0 aliphatic carbocycles. The first-order chi connectivity index (χ1) is 14.4. The molecule has 1 saturated heterocycles. The molecule has 3 atom stereocenters. The van der Waals surface area contributed by atoms with E-state index in [0.717, 1.165) is 0 Å². The van der Waals surface area contributed by atoms with Crippen LogP contribution in [0.1, 0.15) is 32.3 Å². The van der Waals surface area contributed by atoms with Gasteiger partial charge in [0.05, 0.1) is 30.2 Å². The van der Waals surface area contributed by atoms with Crippen molar-refractivity contribution in [3.05, 3.63) is 29.6 Å². The van der Waals surface area contributed by atoms with Crippen LogP contribution in [0.5, 0.6) is 5.75 Å². The summed E-state index contributed by atoms with van der Waals surface area (Å²) in [6.45, 7) is 4.45. The monoisotopic (exact) mass is 456 g/mol. The molecule has 9 nitrogen and oxygen atoms in total. The zero-order valence-corrected chi connectivity index (χ0v) is 18.3. The number of fused-ring (bicyclic) bond motifs is 1. The number of carbonyl (C=O) groups excluding carboxylic acids is 3. The summed E-state index contributed by atoms with van der Waals surface area (Å²) in [5.41, 5.74) is -1.16. The number of benzene rings is 1. The lowest BCUT2D eigenvalue weighted by molar-refractivity contribution is -0.158. The lowest BCUT2D eigenvalue weighted by Crippen LogP contribution is -2.55. The van der Waals surface area contributed by atoms with Crippen LogP contribution < -0.4 is 15.4 Å². The van der Waals surface area contributed by atoms with Crippen molar-refractivity contribution in [2.45, 2.75) is 38.8 Å². The van der Waals surface area contributed by atoms with Crippen LogP contribution in [-0.2, 0) is 29.0 Å². The van der Waals surface area contributed by atoms with Gasteiger partial charge in [0.25, 0.3) is 0 Å². The lowest BCUT2D eigenvalue weighted by Gasteiger charge is -2.27. The van der Waals surface area contributed by atoms with E-state index in [2.05, 4.69) is 10.6 Å². The molecular formula is C20H25FN2O7S. The molecule has 0 saturated carbocycles. The zero-order valence-electron chi connectivity index (χ0n) is 17.4. The van der Waals surface area contributed by atoms with E-state index in [0.29, 0.717) is 11.3 Å². The van der Waals surface area contributed by atoms with Crippen LogP contribution in [-0.4, -0.2) is 63.0 Å². The van der Waals surface area contributed by atoms with Gasteiger partial charge in [-0.2, -0.15) is 0 Å². The Morgan fingerprint density at radius 2 is 1.84 bits per heavy atom.